The van der Waals surface area contributed by atoms with Gasteiger partial charge in [-0.25, -0.2) is 9.50 Å². The summed E-state index contributed by atoms with van der Waals surface area (Å²) in [5.41, 5.74) is 1.24. The number of ether oxygens (including phenoxy) is 1. The number of imidazole rings is 1. The average Bonchev–Trinajstić information content (AvgIpc) is 3.51. The largest absolute Gasteiger partial charge is 0.450 e. The molecule has 5 aromatic rings. The Morgan fingerprint density at radius 3 is 2.59 bits per heavy atom. The Bertz CT molecular complexity index is 1710. The quantitative estimate of drug-likeness (QED) is 0.273. The zero-order chi connectivity index (χ0) is 28.7. The highest BCUT2D eigenvalue weighted by Crippen LogP contribution is 2.38. The second-order valence-corrected chi connectivity index (χ2v) is 10.2. The van der Waals surface area contributed by atoms with Crippen molar-refractivity contribution in [3.8, 4) is 11.5 Å². The van der Waals surface area contributed by atoms with Crippen LogP contribution in [0.1, 0.15) is 18.1 Å². The molecule has 4 aromatic heterocycles. The van der Waals surface area contributed by atoms with E-state index in [1.165, 1.54) is 12.3 Å². The standard InChI is InChI=1S/C27H27ClF3N9O/c1-3-38-8-10-39(11-9-38)16-17-4-5-18(12-19(17)27(29,30)31)35-26-36-25-24(37(26)2)23(28)22(14-33-25)41-21-15-34-40-7-6-32-13-20(21)40/h4-7,12-15H,3,8-11,16H2,1-2H3,(H,33,35,36). The van der Waals surface area contributed by atoms with Crippen molar-refractivity contribution in [1.82, 2.24) is 38.9 Å². The van der Waals surface area contributed by atoms with E-state index in [-0.39, 0.29) is 34.5 Å². The van der Waals surface area contributed by atoms with Crippen LogP contribution in [0.25, 0.3) is 16.7 Å². The van der Waals surface area contributed by atoms with Crippen molar-refractivity contribution in [2.45, 2.75) is 19.6 Å². The van der Waals surface area contributed by atoms with Gasteiger partial charge in [0, 0.05) is 57.9 Å². The van der Waals surface area contributed by atoms with Crippen LogP contribution in [-0.4, -0.2) is 71.7 Å². The molecule has 0 atom stereocenters. The van der Waals surface area contributed by atoms with Crippen LogP contribution in [0, 0.1) is 0 Å². The van der Waals surface area contributed by atoms with E-state index in [1.807, 2.05) is 0 Å². The van der Waals surface area contributed by atoms with Crippen molar-refractivity contribution < 1.29 is 17.9 Å². The first-order valence-electron chi connectivity index (χ1n) is 13.1. The molecule has 0 unspecified atom stereocenters. The van der Waals surface area contributed by atoms with Crippen LogP contribution in [0.3, 0.4) is 0 Å². The molecule has 5 heterocycles. The highest BCUT2D eigenvalue weighted by molar-refractivity contribution is 6.36. The Labute approximate surface area is 238 Å². The minimum Gasteiger partial charge on any atom is -0.450 e. The van der Waals surface area contributed by atoms with Crippen LogP contribution in [0.15, 0.2) is 49.2 Å². The third kappa shape index (κ3) is 5.39. The number of hydrogen-bond acceptors (Lipinski definition) is 8. The summed E-state index contributed by atoms with van der Waals surface area (Å²) in [5, 5.41) is 7.47. The number of hydrogen-bond donors (Lipinski definition) is 1. The number of rotatable bonds is 7. The van der Waals surface area contributed by atoms with E-state index in [4.69, 9.17) is 16.3 Å². The van der Waals surface area contributed by atoms with Crippen molar-refractivity contribution in [2.24, 2.45) is 7.05 Å². The van der Waals surface area contributed by atoms with Crippen LogP contribution in [0.2, 0.25) is 5.02 Å². The van der Waals surface area contributed by atoms with Crippen LogP contribution in [-0.2, 0) is 19.8 Å². The molecule has 1 saturated heterocycles. The van der Waals surface area contributed by atoms with Crippen molar-refractivity contribution >= 4 is 39.9 Å². The van der Waals surface area contributed by atoms with Crippen molar-refractivity contribution in [2.75, 3.05) is 38.0 Å². The van der Waals surface area contributed by atoms with Crippen LogP contribution in [0.5, 0.6) is 11.5 Å². The zero-order valence-electron chi connectivity index (χ0n) is 22.4. The van der Waals surface area contributed by atoms with Gasteiger partial charge >= 0.3 is 6.18 Å². The summed E-state index contributed by atoms with van der Waals surface area (Å²) in [6.07, 6.45) is 3.39. The Balaban J connectivity index is 1.26. The number of pyridine rings is 1. The lowest BCUT2D eigenvalue weighted by molar-refractivity contribution is -0.138. The highest BCUT2D eigenvalue weighted by Gasteiger charge is 2.34. The summed E-state index contributed by atoms with van der Waals surface area (Å²) in [7, 11) is 1.70. The summed E-state index contributed by atoms with van der Waals surface area (Å²) >= 11 is 6.70. The van der Waals surface area contributed by atoms with E-state index in [9.17, 15) is 13.2 Å². The molecule has 41 heavy (non-hydrogen) atoms. The van der Waals surface area contributed by atoms with Gasteiger partial charge in [0.2, 0.25) is 5.95 Å². The van der Waals surface area contributed by atoms with Gasteiger partial charge in [0.05, 0.1) is 24.2 Å². The number of piperazine rings is 1. The third-order valence-electron chi connectivity index (χ3n) is 7.29. The molecule has 1 aromatic carbocycles. The first-order chi connectivity index (χ1) is 19.7. The van der Waals surface area contributed by atoms with E-state index in [0.29, 0.717) is 22.4 Å². The Morgan fingerprint density at radius 1 is 1.05 bits per heavy atom. The molecular weight excluding hydrogens is 559 g/mol. The number of nitrogens with zero attached hydrogens (tertiary/aromatic N) is 8. The maximum Gasteiger partial charge on any atom is 0.416 e. The van der Waals surface area contributed by atoms with Gasteiger partial charge in [-0.05, 0) is 24.2 Å². The SMILES string of the molecule is CCN1CCN(Cc2ccc(Nc3nc4ncc(Oc5cnn6ccncc56)c(Cl)c4n3C)cc2C(F)(F)F)CC1. The molecule has 1 fully saturated rings. The van der Waals surface area contributed by atoms with E-state index < -0.39 is 11.7 Å². The molecule has 0 radical (unpaired) electrons. The molecule has 1 N–H and O–H groups in total. The Morgan fingerprint density at radius 2 is 1.83 bits per heavy atom. The van der Waals surface area contributed by atoms with Crippen molar-refractivity contribution in [3.63, 3.8) is 0 Å². The minimum atomic E-state index is -4.50. The summed E-state index contributed by atoms with van der Waals surface area (Å²) < 4.78 is 51.5. The molecule has 10 nitrogen and oxygen atoms in total. The number of likely N-dealkylation sites (N-methyl/N-ethyl adjacent to an activating group) is 1. The molecule has 0 amide bonds. The van der Waals surface area contributed by atoms with Gasteiger partial charge in [0.25, 0.3) is 0 Å². The predicted octanol–water partition coefficient (Wildman–Crippen LogP) is 5.36. The van der Waals surface area contributed by atoms with Crippen molar-refractivity contribution in [3.05, 3.63) is 65.3 Å². The fourth-order valence-corrected chi connectivity index (χ4v) is 5.29. The molecule has 14 heteroatoms. The molecule has 0 saturated carbocycles. The molecule has 1 aliphatic rings. The molecule has 6 rings (SSSR count). The second-order valence-electron chi connectivity index (χ2n) is 9.83. The molecule has 1 aliphatic heterocycles. The number of aromatic nitrogens is 6. The minimum absolute atomic E-state index is 0.240. The summed E-state index contributed by atoms with van der Waals surface area (Å²) in [5.74, 6) is 0.993. The summed E-state index contributed by atoms with van der Waals surface area (Å²) in [4.78, 5) is 17.3. The molecule has 0 spiro atoms. The van der Waals surface area contributed by atoms with Gasteiger partial charge in [-0.15, -0.1) is 0 Å². The third-order valence-corrected chi connectivity index (χ3v) is 7.66. The van der Waals surface area contributed by atoms with Gasteiger partial charge in [-0.2, -0.15) is 23.3 Å². The first kappa shape index (κ1) is 27.2. The number of halogens is 4. The maximum absolute atomic E-state index is 14.1. The molecule has 0 aliphatic carbocycles. The second kappa shape index (κ2) is 10.8. The van der Waals surface area contributed by atoms with Gasteiger partial charge < -0.3 is 19.5 Å². The smallest absolute Gasteiger partial charge is 0.416 e. The first-order valence-corrected chi connectivity index (χ1v) is 13.5. The summed E-state index contributed by atoms with van der Waals surface area (Å²) in [6, 6.07) is 4.29. The lowest BCUT2D eigenvalue weighted by Crippen LogP contribution is -2.45. The normalized spacial score (nSPS) is 15.2. The number of anilines is 2. The maximum atomic E-state index is 14.1. The average molecular weight is 586 g/mol. The van der Waals surface area contributed by atoms with Crippen LogP contribution < -0.4 is 10.1 Å². The van der Waals surface area contributed by atoms with E-state index >= 15 is 0 Å². The van der Waals surface area contributed by atoms with Gasteiger partial charge in [0.1, 0.15) is 16.1 Å². The van der Waals surface area contributed by atoms with Crippen LogP contribution in [0.4, 0.5) is 24.8 Å². The van der Waals surface area contributed by atoms with Crippen molar-refractivity contribution in [1.29, 1.82) is 0 Å². The fourth-order valence-electron chi connectivity index (χ4n) is 5.00. The van der Waals surface area contributed by atoms with Gasteiger partial charge in [-0.3, -0.25) is 9.88 Å². The predicted molar refractivity (Wildman–Crippen MR) is 149 cm³/mol. The van der Waals surface area contributed by atoms with Gasteiger partial charge in [-0.1, -0.05) is 24.6 Å². The fraction of sp³-hybridized carbons (Fsp3) is 0.333. The Hall–Kier alpha value is -3.94. The highest BCUT2D eigenvalue weighted by atomic mass is 35.5. The summed E-state index contributed by atoms with van der Waals surface area (Å²) in [6.45, 7) is 6.44. The lowest BCUT2D eigenvalue weighted by atomic mass is 10.0. The number of nitrogens with one attached hydrogen (secondary N) is 1. The molecule has 214 valence electrons. The van der Waals surface area contributed by atoms with E-state index in [2.05, 4.69) is 42.1 Å². The number of alkyl halides is 3. The van der Waals surface area contributed by atoms with Crippen LogP contribution >= 0.6 is 11.6 Å². The zero-order valence-corrected chi connectivity index (χ0v) is 23.1. The monoisotopic (exact) mass is 585 g/mol. The van der Waals surface area contributed by atoms with E-state index in [0.717, 1.165) is 38.8 Å². The van der Waals surface area contributed by atoms with E-state index in [1.54, 1.807) is 47.0 Å². The number of benzene rings is 1. The lowest BCUT2D eigenvalue weighted by Gasteiger charge is -2.34. The molecular formula is C27H27ClF3N9O. The Kier molecular flexibility index (Phi) is 7.18. The van der Waals surface area contributed by atoms with Gasteiger partial charge in [0.15, 0.2) is 17.1 Å². The number of fused-ring (bicyclic) bond motifs is 2. The number of aryl methyl sites for hydroxylation is 1. The molecule has 0 bridgehead atoms. The topological polar surface area (TPSA) is 88.6 Å².